The summed E-state index contributed by atoms with van der Waals surface area (Å²) in [6.07, 6.45) is 0.834. The Morgan fingerprint density at radius 1 is 1.07 bits per heavy atom. The maximum Gasteiger partial charge on any atom is 0.321 e. The fourth-order valence-electron chi connectivity index (χ4n) is 3.02. The highest BCUT2D eigenvalue weighted by molar-refractivity contribution is 5.89. The fraction of sp³-hybridized carbons (Fsp3) is 0.350. The van der Waals surface area contributed by atoms with E-state index in [1.165, 1.54) is 0 Å². The van der Waals surface area contributed by atoms with E-state index in [4.69, 9.17) is 4.74 Å². The Balaban J connectivity index is 1.50. The molecule has 0 aliphatic carbocycles. The quantitative estimate of drug-likeness (QED) is 0.541. The minimum Gasteiger partial charge on any atom is -0.457 e. The predicted molar refractivity (Wildman–Crippen MR) is 107 cm³/mol. The van der Waals surface area contributed by atoms with Gasteiger partial charge in [0, 0.05) is 11.7 Å². The van der Waals surface area contributed by atoms with Crippen LogP contribution < -0.4 is 31.3 Å². The molecule has 3 unspecified atom stereocenters. The molecule has 0 aromatic heterocycles. The van der Waals surface area contributed by atoms with Crippen LogP contribution in [0.1, 0.15) is 20.3 Å². The molecular weight excluding hydrogens is 342 g/mol. The van der Waals surface area contributed by atoms with E-state index in [0.29, 0.717) is 17.5 Å². The Morgan fingerprint density at radius 3 is 2.48 bits per heavy atom. The van der Waals surface area contributed by atoms with E-state index < -0.39 is 0 Å². The monoisotopic (exact) mass is 369 g/mol. The van der Waals surface area contributed by atoms with Crippen LogP contribution in [0.2, 0.25) is 0 Å². The average Bonchev–Trinajstić information content (AvgIpc) is 2.64. The summed E-state index contributed by atoms with van der Waals surface area (Å²) >= 11 is 0. The second-order valence-electron chi connectivity index (χ2n) is 6.55. The second kappa shape index (κ2) is 9.36. The summed E-state index contributed by atoms with van der Waals surface area (Å²) in [6, 6.07) is 16.9. The number of carbonyl (C=O) groups is 1. The van der Waals surface area contributed by atoms with Gasteiger partial charge in [0.25, 0.3) is 0 Å². The lowest BCUT2D eigenvalue weighted by Gasteiger charge is -2.36. The normalized spacial score (nSPS) is 22.1. The van der Waals surface area contributed by atoms with Crippen molar-refractivity contribution in [2.45, 2.75) is 38.8 Å². The number of rotatable bonds is 6. The maximum atomic E-state index is 12.3. The van der Waals surface area contributed by atoms with E-state index in [-0.39, 0.29) is 18.5 Å². The first-order valence-corrected chi connectivity index (χ1v) is 9.28. The van der Waals surface area contributed by atoms with E-state index in [0.717, 1.165) is 18.7 Å². The summed E-state index contributed by atoms with van der Waals surface area (Å²) in [6.45, 7) is 5.04. The van der Waals surface area contributed by atoms with E-state index in [1.54, 1.807) is 0 Å². The minimum atomic E-state index is -0.293. The van der Waals surface area contributed by atoms with Crippen LogP contribution in [-0.2, 0) is 0 Å². The average molecular weight is 369 g/mol. The first-order valence-electron chi connectivity index (χ1n) is 9.28. The maximum absolute atomic E-state index is 12.3. The Kier molecular flexibility index (Phi) is 6.64. The summed E-state index contributed by atoms with van der Waals surface area (Å²) in [4.78, 5) is 12.3. The van der Waals surface area contributed by atoms with Crippen molar-refractivity contribution in [1.29, 1.82) is 0 Å². The van der Waals surface area contributed by atoms with Gasteiger partial charge >= 0.3 is 6.03 Å². The third-order valence-corrected chi connectivity index (χ3v) is 4.23. The van der Waals surface area contributed by atoms with E-state index >= 15 is 0 Å². The number of nitrogens with one attached hydrogen (secondary N) is 5. The van der Waals surface area contributed by atoms with Gasteiger partial charge in [0.05, 0.1) is 6.17 Å². The molecule has 3 atom stereocenters. The van der Waals surface area contributed by atoms with Gasteiger partial charge in [0.1, 0.15) is 17.8 Å². The molecule has 2 amide bonds. The third kappa shape index (κ3) is 5.96. The molecule has 0 saturated carbocycles. The summed E-state index contributed by atoms with van der Waals surface area (Å²) in [5.74, 6) is 1.49. The van der Waals surface area contributed by atoms with Crippen LogP contribution in [0, 0.1) is 0 Å². The summed E-state index contributed by atoms with van der Waals surface area (Å²) in [5, 5.41) is 15.7. The highest BCUT2D eigenvalue weighted by Gasteiger charge is 2.25. The number of ether oxygens (including phenoxy) is 1. The molecule has 7 nitrogen and oxygen atoms in total. The molecule has 1 aliphatic rings. The molecule has 1 saturated heterocycles. The summed E-state index contributed by atoms with van der Waals surface area (Å²) in [7, 11) is 0. The van der Waals surface area contributed by atoms with Crippen molar-refractivity contribution in [3.63, 3.8) is 0 Å². The van der Waals surface area contributed by atoms with Crippen LogP contribution in [0.5, 0.6) is 11.5 Å². The lowest BCUT2D eigenvalue weighted by atomic mass is 10.1. The lowest BCUT2D eigenvalue weighted by molar-refractivity contribution is 0.195. The lowest BCUT2D eigenvalue weighted by Crippen LogP contribution is -2.67. The molecule has 27 heavy (non-hydrogen) atoms. The largest absolute Gasteiger partial charge is 0.457 e. The Labute approximate surface area is 159 Å². The molecule has 7 heteroatoms. The second-order valence-corrected chi connectivity index (χ2v) is 6.55. The number of carbonyl (C=O) groups excluding carboxylic acids is 1. The highest BCUT2D eigenvalue weighted by Crippen LogP contribution is 2.22. The predicted octanol–water partition coefficient (Wildman–Crippen LogP) is 2.79. The molecule has 1 fully saturated rings. The fourth-order valence-corrected chi connectivity index (χ4v) is 3.02. The van der Waals surface area contributed by atoms with Gasteiger partial charge in [-0.2, -0.15) is 0 Å². The topological polar surface area (TPSA) is 86.5 Å². The first kappa shape index (κ1) is 19.2. The van der Waals surface area contributed by atoms with Crippen LogP contribution in [-0.4, -0.2) is 31.1 Å². The van der Waals surface area contributed by atoms with Crippen LogP contribution in [0.15, 0.2) is 54.6 Å². The minimum absolute atomic E-state index is 0.172. The van der Waals surface area contributed by atoms with Crippen molar-refractivity contribution in [2.24, 2.45) is 0 Å². The van der Waals surface area contributed by atoms with Crippen molar-refractivity contribution >= 4 is 11.7 Å². The smallest absolute Gasteiger partial charge is 0.321 e. The SMILES string of the molecule is CCNC1CC(C)NC(NC(=O)Nc2ccc(Oc3ccccc3)cc2)N1. The molecule has 144 valence electrons. The number of para-hydroxylation sites is 1. The van der Waals surface area contributed by atoms with E-state index in [2.05, 4.69) is 40.4 Å². The molecule has 1 heterocycles. The van der Waals surface area contributed by atoms with Crippen molar-refractivity contribution in [3.8, 4) is 11.5 Å². The van der Waals surface area contributed by atoms with Crippen molar-refractivity contribution < 1.29 is 9.53 Å². The summed E-state index contributed by atoms with van der Waals surface area (Å²) in [5.41, 5.74) is 0.694. The van der Waals surface area contributed by atoms with Crippen LogP contribution in [0.4, 0.5) is 10.5 Å². The molecule has 2 aromatic rings. The number of anilines is 1. The van der Waals surface area contributed by atoms with Crippen molar-refractivity contribution in [2.75, 3.05) is 11.9 Å². The van der Waals surface area contributed by atoms with Gasteiger partial charge in [-0.25, -0.2) is 4.79 Å². The Morgan fingerprint density at radius 2 is 1.78 bits per heavy atom. The zero-order valence-corrected chi connectivity index (χ0v) is 15.7. The van der Waals surface area contributed by atoms with Crippen molar-refractivity contribution in [1.82, 2.24) is 21.3 Å². The third-order valence-electron chi connectivity index (χ3n) is 4.23. The molecule has 0 radical (unpaired) electrons. The first-order chi connectivity index (χ1) is 13.1. The van der Waals surface area contributed by atoms with Gasteiger partial charge < -0.3 is 20.7 Å². The van der Waals surface area contributed by atoms with Crippen molar-refractivity contribution in [3.05, 3.63) is 54.6 Å². The number of hydrogen-bond acceptors (Lipinski definition) is 5. The molecule has 2 aromatic carbocycles. The zero-order valence-electron chi connectivity index (χ0n) is 15.7. The zero-order chi connectivity index (χ0) is 19.1. The molecule has 3 rings (SSSR count). The Bertz CT molecular complexity index is 723. The Hall–Kier alpha value is -2.61. The number of benzene rings is 2. The van der Waals surface area contributed by atoms with E-state index in [1.807, 2.05) is 54.6 Å². The number of amides is 2. The number of hydrogen-bond donors (Lipinski definition) is 5. The molecule has 0 bridgehead atoms. The van der Waals surface area contributed by atoms with Crippen LogP contribution in [0.3, 0.4) is 0 Å². The van der Waals surface area contributed by atoms with Crippen LogP contribution >= 0.6 is 0 Å². The van der Waals surface area contributed by atoms with Gasteiger partial charge in [0.2, 0.25) is 0 Å². The van der Waals surface area contributed by atoms with Gasteiger partial charge in [-0.1, -0.05) is 25.1 Å². The molecular formula is C20H27N5O2. The van der Waals surface area contributed by atoms with Gasteiger partial charge in [-0.05, 0) is 56.3 Å². The molecule has 0 spiro atoms. The van der Waals surface area contributed by atoms with Gasteiger partial charge in [-0.3, -0.25) is 10.6 Å². The standard InChI is InChI=1S/C20H27N5O2/c1-3-21-18-13-14(2)22-19(24-18)25-20(26)23-15-9-11-17(12-10-15)27-16-7-5-4-6-8-16/h4-12,14,18-19,21-22,24H,3,13H2,1-2H3,(H2,23,25,26). The number of urea groups is 1. The van der Waals surface area contributed by atoms with Gasteiger partial charge in [0.15, 0.2) is 0 Å². The van der Waals surface area contributed by atoms with E-state index in [9.17, 15) is 4.79 Å². The highest BCUT2D eigenvalue weighted by atomic mass is 16.5. The van der Waals surface area contributed by atoms with Crippen LogP contribution in [0.25, 0.3) is 0 Å². The summed E-state index contributed by atoms with van der Waals surface area (Å²) < 4.78 is 5.75. The molecule has 1 aliphatic heterocycles. The molecule has 5 N–H and O–H groups in total. The van der Waals surface area contributed by atoms with Gasteiger partial charge in [-0.15, -0.1) is 0 Å².